The SMILES string of the molecule is COc1ccc(-c2noc(C3(C)CCNCC3)n2)nn1. The molecule has 1 aliphatic heterocycles. The van der Waals surface area contributed by atoms with Crippen LogP contribution in [-0.2, 0) is 5.41 Å². The molecule has 0 spiro atoms. The highest BCUT2D eigenvalue weighted by Gasteiger charge is 2.34. The molecule has 7 heteroatoms. The second-order valence-electron chi connectivity index (χ2n) is 5.19. The quantitative estimate of drug-likeness (QED) is 0.900. The molecule has 3 heterocycles. The number of nitrogens with zero attached hydrogens (tertiary/aromatic N) is 4. The number of ether oxygens (including phenoxy) is 1. The van der Waals surface area contributed by atoms with E-state index in [0.29, 0.717) is 23.3 Å². The standard InChI is InChI=1S/C13H17N5O2/c1-13(5-7-14-8-6-13)12-15-11(18-20-12)9-3-4-10(19-2)17-16-9/h3-4,14H,5-8H2,1-2H3. The summed E-state index contributed by atoms with van der Waals surface area (Å²) in [4.78, 5) is 4.48. The van der Waals surface area contributed by atoms with Gasteiger partial charge in [0.1, 0.15) is 5.69 Å². The van der Waals surface area contributed by atoms with Gasteiger partial charge in [-0.25, -0.2) is 0 Å². The number of piperidine rings is 1. The Bertz CT molecular complexity index is 575. The molecular weight excluding hydrogens is 258 g/mol. The molecule has 1 fully saturated rings. The van der Waals surface area contributed by atoms with Crippen LogP contribution in [0, 0.1) is 0 Å². The average molecular weight is 275 g/mol. The fourth-order valence-corrected chi connectivity index (χ4v) is 2.31. The number of aromatic nitrogens is 4. The third kappa shape index (κ3) is 2.36. The monoisotopic (exact) mass is 275 g/mol. The number of methoxy groups -OCH3 is 1. The Morgan fingerprint density at radius 2 is 2.05 bits per heavy atom. The van der Waals surface area contributed by atoms with Gasteiger partial charge in [0.15, 0.2) is 0 Å². The van der Waals surface area contributed by atoms with Crippen LogP contribution in [0.5, 0.6) is 5.88 Å². The fourth-order valence-electron chi connectivity index (χ4n) is 2.31. The Kier molecular flexibility index (Phi) is 3.35. The van der Waals surface area contributed by atoms with Crippen molar-refractivity contribution in [1.29, 1.82) is 0 Å². The number of hydrogen-bond donors (Lipinski definition) is 1. The summed E-state index contributed by atoms with van der Waals surface area (Å²) >= 11 is 0. The lowest BCUT2D eigenvalue weighted by atomic mass is 9.81. The lowest BCUT2D eigenvalue weighted by Gasteiger charge is -2.30. The molecule has 20 heavy (non-hydrogen) atoms. The summed E-state index contributed by atoms with van der Waals surface area (Å²) in [5.41, 5.74) is 0.523. The van der Waals surface area contributed by atoms with Gasteiger partial charge in [-0.3, -0.25) is 0 Å². The van der Waals surface area contributed by atoms with E-state index in [1.165, 1.54) is 0 Å². The van der Waals surface area contributed by atoms with E-state index in [2.05, 4.69) is 32.6 Å². The smallest absolute Gasteiger partial charge is 0.233 e. The zero-order valence-corrected chi connectivity index (χ0v) is 11.6. The van der Waals surface area contributed by atoms with Gasteiger partial charge in [-0.1, -0.05) is 12.1 Å². The van der Waals surface area contributed by atoms with E-state index in [0.717, 1.165) is 25.9 Å². The largest absolute Gasteiger partial charge is 0.480 e. The summed E-state index contributed by atoms with van der Waals surface area (Å²) < 4.78 is 10.4. The molecule has 0 bridgehead atoms. The first-order valence-electron chi connectivity index (χ1n) is 6.64. The number of rotatable bonds is 3. The molecule has 106 valence electrons. The third-order valence-corrected chi connectivity index (χ3v) is 3.73. The molecule has 0 amide bonds. The van der Waals surface area contributed by atoms with Gasteiger partial charge in [-0.2, -0.15) is 4.98 Å². The molecule has 7 nitrogen and oxygen atoms in total. The topological polar surface area (TPSA) is 86.0 Å². The summed E-state index contributed by atoms with van der Waals surface area (Å²) in [6, 6.07) is 3.50. The Balaban J connectivity index is 1.85. The van der Waals surface area contributed by atoms with Crippen molar-refractivity contribution in [2.24, 2.45) is 0 Å². The summed E-state index contributed by atoms with van der Waals surface area (Å²) in [6.45, 7) is 4.10. The molecule has 1 saturated heterocycles. The maximum atomic E-state index is 5.43. The minimum atomic E-state index is -0.0591. The third-order valence-electron chi connectivity index (χ3n) is 3.73. The van der Waals surface area contributed by atoms with Crippen molar-refractivity contribution in [3.05, 3.63) is 18.0 Å². The first-order valence-corrected chi connectivity index (χ1v) is 6.64. The Morgan fingerprint density at radius 3 is 2.70 bits per heavy atom. The summed E-state index contributed by atoms with van der Waals surface area (Å²) in [5, 5.41) is 15.3. The molecule has 0 aliphatic carbocycles. The van der Waals surface area contributed by atoms with Crippen LogP contribution in [0.3, 0.4) is 0 Å². The maximum absolute atomic E-state index is 5.43. The van der Waals surface area contributed by atoms with Crippen LogP contribution >= 0.6 is 0 Å². The molecule has 0 aromatic carbocycles. The van der Waals surface area contributed by atoms with Crippen molar-refractivity contribution in [2.75, 3.05) is 20.2 Å². The fraction of sp³-hybridized carbons (Fsp3) is 0.538. The molecule has 2 aromatic heterocycles. The van der Waals surface area contributed by atoms with Crippen molar-refractivity contribution in [2.45, 2.75) is 25.2 Å². The number of hydrogen-bond acceptors (Lipinski definition) is 7. The highest BCUT2D eigenvalue weighted by molar-refractivity contribution is 5.47. The van der Waals surface area contributed by atoms with Crippen molar-refractivity contribution in [3.63, 3.8) is 0 Å². The van der Waals surface area contributed by atoms with Gasteiger partial charge in [0.05, 0.1) is 7.11 Å². The van der Waals surface area contributed by atoms with Crippen molar-refractivity contribution in [3.8, 4) is 17.4 Å². The van der Waals surface area contributed by atoms with E-state index < -0.39 is 0 Å². The van der Waals surface area contributed by atoms with Gasteiger partial charge >= 0.3 is 0 Å². The van der Waals surface area contributed by atoms with E-state index in [4.69, 9.17) is 9.26 Å². The maximum Gasteiger partial charge on any atom is 0.233 e. The van der Waals surface area contributed by atoms with Gasteiger partial charge < -0.3 is 14.6 Å². The molecule has 1 N–H and O–H groups in total. The highest BCUT2D eigenvalue weighted by atomic mass is 16.5. The van der Waals surface area contributed by atoms with Gasteiger partial charge in [0.25, 0.3) is 0 Å². The predicted molar refractivity (Wildman–Crippen MR) is 71.3 cm³/mol. The summed E-state index contributed by atoms with van der Waals surface area (Å²) in [6.07, 6.45) is 1.98. The molecule has 1 aliphatic rings. The molecule has 3 rings (SSSR count). The summed E-state index contributed by atoms with van der Waals surface area (Å²) in [5.74, 6) is 1.60. The minimum absolute atomic E-state index is 0.0591. The molecule has 2 aromatic rings. The second-order valence-corrected chi connectivity index (χ2v) is 5.19. The molecule has 0 atom stereocenters. The Hall–Kier alpha value is -2.02. The van der Waals surface area contributed by atoms with Crippen LogP contribution in [-0.4, -0.2) is 40.5 Å². The lowest BCUT2D eigenvalue weighted by molar-refractivity contribution is 0.241. The second kappa shape index (κ2) is 5.16. The normalized spacial score (nSPS) is 17.9. The van der Waals surface area contributed by atoms with Crippen LogP contribution in [0.15, 0.2) is 16.7 Å². The first kappa shape index (κ1) is 13.0. The average Bonchev–Trinajstić information content (AvgIpc) is 2.99. The van der Waals surface area contributed by atoms with E-state index >= 15 is 0 Å². The zero-order chi connectivity index (χ0) is 14.0. The van der Waals surface area contributed by atoms with Gasteiger partial charge in [-0.15, -0.1) is 10.2 Å². The van der Waals surface area contributed by atoms with Gasteiger partial charge in [-0.05, 0) is 32.0 Å². The zero-order valence-electron chi connectivity index (χ0n) is 11.6. The van der Waals surface area contributed by atoms with Crippen LogP contribution in [0.25, 0.3) is 11.5 Å². The van der Waals surface area contributed by atoms with E-state index in [9.17, 15) is 0 Å². The molecular formula is C13H17N5O2. The Morgan fingerprint density at radius 1 is 1.25 bits per heavy atom. The van der Waals surface area contributed by atoms with Gasteiger partial charge in [0, 0.05) is 11.5 Å². The molecule has 0 unspecified atom stereocenters. The van der Waals surface area contributed by atoms with E-state index in [1.807, 2.05) is 0 Å². The number of nitrogens with one attached hydrogen (secondary N) is 1. The minimum Gasteiger partial charge on any atom is -0.480 e. The molecule has 0 radical (unpaired) electrons. The summed E-state index contributed by atoms with van der Waals surface area (Å²) in [7, 11) is 1.55. The van der Waals surface area contributed by atoms with Crippen molar-refractivity contribution in [1.82, 2.24) is 25.7 Å². The lowest BCUT2D eigenvalue weighted by Crippen LogP contribution is -2.37. The first-order chi connectivity index (χ1) is 9.71. The predicted octanol–water partition coefficient (Wildman–Crippen LogP) is 1.18. The van der Waals surface area contributed by atoms with Crippen LogP contribution < -0.4 is 10.1 Å². The Labute approximate surface area is 116 Å². The van der Waals surface area contributed by atoms with E-state index in [1.54, 1.807) is 19.2 Å². The molecule has 0 saturated carbocycles. The van der Waals surface area contributed by atoms with Crippen LogP contribution in [0.2, 0.25) is 0 Å². The highest BCUT2D eigenvalue weighted by Crippen LogP contribution is 2.32. The van der Waals surface area contributed by atoms with E-state index in [-0.39, 0.29) is 5.41 Å². The van der Waals surface area contributed by atoms with Crippen LogP contribution in [0.1, 0.15) is 25.7 Å². The van der Waals surface area contributed by atoms with Crippen molar-refractivity contribution >= 4 is 0 Å². The van der Waals surface area contributed by atoms with Crippen LogP contribution in [0.4, 0.5) is 0 Å². The van der Waals surface area contributed by atoms with Gasteiger partial charge in [0.2, 0.25) is 17.6 Å². The van der Waals surface area contributed by atoms with Crippen molar-refractivity contribution < 1.29 is 9.26 Å².